The minimum atomic E-state index is -6.46. The zero-order chi connectivity index (χ0) is 14.7. The van der Waals surface area contributed by atoms with E-state index in [9.17, 15) is 30.7 Å². The van der Waals surface area contributed by atoms with Crippen molar-refractivity contribution in [2.75, 3.05) is 19.8 Å². The van der Waals surface area contributed by atoms with Gasteiger partial charge in [0.2, 0.25) is 0 Å². The molecule has 3 aliphatic rings. The third-order valence-corrected chi connectivity index (χ3v) is 2.97. The smallest absolute Gasteiger partial charge is 0.322 e. The molecule has 0 radical (unpaired) electrons. The summed E-state index contributed by atoms with van der Waals surface area (Å²) in [6.45, 7) is 0.111. The molecule has 0 amide bonds. The van der Waals surface area contributed by atoms with Crippen LogP contribution < -0.4 is 0 Å². The van der Waals surface area contributed by atoms with Crippen molar-refractivity contribution in [3.05, 3.63) is 0 Å². The van der Waals surface area contributed by atoms with Gasteiger partial charge in [0.05, 0.1) is 19.8 Å². The lowest BCUT2D eigenvalue weighted by Crippen LogP contribution is -2.73. The van der Waals surface area contributed by atoms with Crippen LogP contribution in [0.1, 0.15) is 6.92 Å². The van der Waals surface area contributed by atoms with Crippen LogP contribution in [0.25, 0.3) is 0 Å². The van der Waals surface area contributed by atoms with Crippen molar-refractivity contribution in [2.45, 2.75) is 30.9 Å². The Labute approximate surface area is 102 Å². The van der Waals surface area contributed by atoms with Gasteiger partial charge in [-0.2, -0.15) is 30.7 Å². The molecule has 3 aliphatic heterocycles. The highest BCUT2D eigenvalue weighted by Crippen LogP contribution is 2.56. The van der Waals surface area contributed by atoms with E-state index >= 15 is 0 Å². The highest BCUT2D eigenvalue weighted by atomic mass is 19.4. The number of hydrogen-bond acceptors (Lipinski definition) is 3. The number of ether oxygens (including phenoxy) is 3. The zero-order valence-electron chi connectivity index (χ0n) is 9.49. The lowest BCUT2D eigenvalue weighted by molar-refractivity contribution is -0.550. The molecular formula is C9H9F7O3. The van der Waals surface area contributed by atoms with Crippen molar-refractivity contribution < 1.29 is 44.9 Å². The van der Waals surface area contributed by atoms with Gasteiger partial charge in [0.15, 0.2) is 0 Å². The number of hydrogen-bond donors (Lipinski definition) is 0. The molecule has 0 aliphatic carbocycles. The van der Waals surface area contributed by atoms with E-state index in [0.29, 0.717) is 0 Å². The van der Waals surface area contributed by atoms with Gasteiger partial charge in [-0.25, -0.2) is 0 Å². The van der Waals surface area contributed by atoms with Crippen LogP contribution in [0.15, 0.2) is 0 Å². The first-order valence-corrected chi connectivity index (χ1v) is 5.11. The van der Waals surface area contributed by atoms with E-state index in [1.807, 2.05) is 0 Å². The minimum Gasteiger partial charge on any atom is -0.322 e. The minimum absolute atomic E-state index is 0.462. The fraction of sp³-hybridized carbons (Fsp3) is 1.00. The molecule has 0 aromatic heterocycles. The Morgan fingerprint density at radius 1 is 0.789 bits per heavy atom. The highest BCUT2D eigenvalue weighted by molar-refractivity contribution is 5.01. The van der Waals surface area contributed by atoms with Crippen molar-refractivity contribution in [3.8, 4) is 0 Å². The van der Waals surface area contributed by atoms with E-state index in [1.54, 1.807) is 0 Å². The largest absolute Gasteiger partial charge is 0.460 e. The Morgan fingerprint density at radius 2 is 1.16 bits per heavy atom. The Bertz CT molecular complexity index is 354. The molecule has 0 spiro atoms. The summed E-state index contributed by atoms with van der Waals surface area (Å²) in [6.07, 6.45) is -6.46. The van der Waals surface area contributed by atoms with Gasteiger partial charge in [-0.1, -0.05) is 6.92 Å². The molecule has 0 unspecified atom stereocenters. The predicted octanol–water partition coefficient (Wildman–Crippen LogP) is 2.56. The van der Waals surface area contributed by atoms with Crippen molar-refractivity contribution >= 4 is 0 Å². The summed E-state index contributed by atoms with van der Waals surface area (Å²) in [7, 11) is 0. The van der Waals surface area contributed by atoms with E-state index in [0.717, 1.165) is 0 Å². The Kier molecular flexibility index (Phi) is 2.90. The van der Waals surface area contributed by atoms with E-state index in [4.69, 9.17) is 0 Å². The van der Waals surface area contributed by atoms with E-state index in [-0.39, 0.29) is 0 Å². The summed E-state index contributed by atoms with van der Waals surface area (Å²) in [5.74, 6) is -15.8. The van der Waals surface area contributed by atoms with Crippen molar-refractivity contribution in [2.24, 2.45) is 5.41 Å². The quantitative estimate of drug-likeness (QED) is 0.733. The second kappa shape index (κ2) is 3.73. The van der Waals surface area contributed by atoms with Crippen LogP contribution in [0.4, 0.5) is 30.7 Å². The molecule has 19 heavy (non-hydrogen) atoms. The van der Waals surface area contributed by atoms with Crippen LogP contribution in [-0.4, -0.2) is 43.8 Å². The van der Waals surface area contributed by atoms with Gasteiger partial charge >= 0.3 is 24.0 Å². The monoisotopic (exact) mass is 298 g/mol. The Balaban J connectivity index is 2.35. The lowest BCUT2D eigenvalue weighted by atomic mass is 9.90. The summed E-state index contributed by atoms with van der Waals surface area (Å²) in [5, 5.41) is 0. The third kappa shape index (κ3) is 1.83. The van der Waals surface area contributed by atoms with Gasteiger partial charge in [0, 0.05) is 5.41 Å². The van der Waals surface area contributed by atoms with Crippen molar-refractivity contribution in [1.82, 2.24) is 0 Å². The summed E-state index contributed by atoms with van der Waals surface area (Å²) in [5.41, 5.74) is -0.842. The molecule has 0 aromatic carbocycles. The molecule has 3 heterocycles. The maximum absolute atomic E-state index is 13.5. The second-order valence-corrected chi connectivity index (χ2v) is 4.88. The molecule has 0 aromatic rings. The van der Waals surface area contributed by atoms with Crippen LogP contribution in [0, 0.1) is 5.41 Å². The molecule has 3 fully saturated rings. The molecule has 0 atom stereocenters. The van der Waals surface area contributed by atoms with Crippen molar-refractivity contribution in [3.63, 3.8) is 0 Å². The fourth-order valence-electron chi connectivity index (χ4n) is 1.70. The summed E-state index contributed by atoms with van der Waals surface area (Å²) in [6, 6.07) is 0. The summed E-state index contributed by atoms with van der Waals surface area (Å²) >= 11 is 0. The molecule has 112 valence electrons. The fourth-order valence-corrected chi connectivity index (χ4v) is 1.70. The molecule has 3 nitrogen and oxygen atoms in total. The van der Waals surface area contributed by atoms with Crippen LogP contribution in [0.2, 0.25) is 0 Å². The topological polar surface area (TPSA) is 27.7 Å². The average Bonchev–Trinajstić information content (AvgIpc) is 2.28. The van der Waals surface area contributed by atoms with Crippen LogP contribution in [0.3, 0.4) is 0 Å². The van der Waals surface area contributed by atoms with Crippen LogP contribution in [-0.2, 0) is 14.2 Å². The van der Waals surface area contributed by atoms with Gasteiger partial charge in [0.1, 0.15) is 0 Å². The molecule has 0 saturated carbocycles. The first-order chi connectivity index (χ1) is 8.37. The van der Waals surface area contributed by atoms with E-state index < -0.39 is 49.2 Å². The first kappa shape index (κ1) is 14.8. The maximum Gasteiger partial charge on any atom is 0.460 e. The number of halogens is 7. The molecule has 3 rings (SSSR count). The zero-order valence-corrected chi connectivity index (χ0v) is 9.49. The third-order valence-electron chi connectivity index (χ3n) is 2.97. The molecular weight excluding hydrogens is 289 g/mol. The second-order valence-electron chi connectivity index (χ2n) is 4.88. The highest BCUT2D eigenvalue weighted by Gasteiger charge is 2.84. The Hall–Kier alpha value is -0.610. The van der Waals surface area contributed by atoms with E-state index in [2.05, 4.69) is 14.2 Å². The Morgan fingerprint density at radius 3 is 1.47 bits per heavy atom. The first-order valence-electron chi connectivity index (χ1n) is 5.11. The molecule has 10 heteroatoms. The average molecular weight is 298 g/mol. The number of fused-ring (bicyclic) bond motifs is 3. The summed E-state index contributed by atoms with van der Waals surface area (Å²) < 4.78 is 102. The van der Waals surface area contributed by atoms with E-state index in [1.165, 1.54) is 6.92 Å². The lowest BCUT2D eigenvalue weighted by Gasteiger charge is -2.53. The SMILES string of the molecule is CC12COC(C(F)(F)C(F)(F)C(F)(F)F)(OC1)OC2. The van der Waals surface area contributed by atoms with Gasteiger partial charge < -0.3 is 14.2 Å². The normalized spacial score (nSPS) is 36.6. The molecule has 3 saturated heterocycles. The van der Waals surface area contributed by atoms with Crippen LogP contribution >= 0.6 is 0 Å². The van der Waals surface area contributed by atoms with Gasteiger partial charge in [-0.3, -0.25) is 0 Å². The molecule has 2 bridgehead atoms. The van der Waals surface area contributed by atoms with Crippen molar-refractivity contribution in [1.29, 1.82) is 0 Å². The predicted molar refractivity (Wildman–Crippen MR) is 44.6 cm³/mol. The van der Waals surface area contributed by atoms with Crippen LogP contribution in [0.5, 0.6) is 0 Å². The molecule has 0 N–H and O–H groups in total. The van der Waals surface area contributed by atoms with Gasteiger partial charge in [-0.05, 0) is 0 Å². The standard InChI is InChI=1S/C9H9F7O3/c1-5-2-17-9(18-3-5,19-4-5)7(12,13)6(10,11)8(14,15)16/h2-4H2,1H3. The number of alkyl halides is 7. The van der Waals surface area contributed by atoms with Gasteiger partial charge in [0.25, 0.3) is 0 Å². The number of rotatable bonds is 2. The summed E-state index contributed by atoms with van der Waals surface area (Å²) in [4.78, 5) is 0. The maximum atomic E-state index is 13.5. The van der Waals surface area contributed by atoms with Gasteiger partial charge in [-0.15, -0.1) is 0 Å².